The number of carboxylic acids is 1. The van der Waals surface area contributed by atoms with Gasteiger partial charge < -0.3 is 10.8 Å². The molecule has 1 fully saturated rings. The number of carbonyl (C=O) groups is 1. The molecular formula is C26H23F3N3O4S-. The molecule has 2 N–H and O–H groups in total. The number of benzene rings is 3. The first-order chi connectivity index (χ1) is 17.4. The summed E-state index contributed by atoms with van der Waals surface area (Å²) in [5.74, 6) is -1.31. The van der Waals surface area contributed by atoms with E-state index in [4.69, 9.17) is 16.1 Å². The number of piperidine rings is 1. The molecule has 1 aliphatic rings. The molecule has 0 radical (unpaired) electrons. The number of rotatable bonds is 4. The zero-order valence-corrected chi connectivity index (χ0v) is 20.3. The van der Waals surface area contributed by atoms with Crippen LogP contribution in [0.4, 0.5) is 18.9 Å². The summed E-state index contributed by atoms with van der Waals surface area (Å²) in [6, 6.07) is 16.0. The Kier molecular flexibility index (Phi) is 8.57. The van der Waals surface area contributed by atoms with E-state index in [0.29, 0.717) is 29.2 Å². The average Bonchev–Trinajstić information content (AvgIpc) is 2.89. The molecule has 1 aliphatic heterocycles. The van der Waals surface area contributed by atoms with E-state index in [1.54, 1.807) is 0 Å². The number of sulfonamides is 1. The minimum Gasteiger partial charge on any atom is -0.699 e. The summed E-state index contributed by atoms with van der Waals surface area (Å²) in [5, 5.41) is 17.6. The lowest BCUT2D eigenvalue weighted by Gasteiger charge is -2.26. The molecule has 11 heteroatoms. The van der Waals surface area contributed by atoms with E-state index in [9.17, 15) is 26.4 Å². The van der Waals surface area contributed by atoms with Gasteiger partial charge in [0.15, 0.2) is 0 Å². The van der Waals surface area contributed by atoms with Crippen LogP contribution in [0.15, 0.2) is 71.6 Å². The lowest BCUT2D eigenvalue weighted by atomic mass is 9.96. The van der Waals surface area contributed by atoms with Gasteiger partial charge in [0, 0.05) is 13.1 Å². The van der Waals surface area contributed by atoms with Crippen molar-refractivity contribution < 1.29 is 31.5 Å². The van der Waals surface area contributed by atoms with E-state index in [0.717, 1.165) is 37.5 Å². The first-order valence-corrected chi connectivity index (χ1v) is 12.6. The van der Waals surface area contributed by atoms with Crippen molar-refractivity contribution in [3.05, 3.63) is 89.2 Å². The van der Waals surface area contributed by atoms with Gasteiger partial charge in [0.2, 0.25) is 10.0 Å². The van der Waals surface area contributed by atoms with Crippen molar-refractivity contribution in [2.24, 2.45) is 0 Å². The predicted octanol–water partition coefficient (Wildman–Crippen LogP) is 6.49. The fraction of sp³-hybridized carbons (Fsp3) is 0.231. The van der Waals surface area contributed by atoms with Crippen molar-refractivity contribution in [3.8, 4) is 17.2 Å². The van der Waals surface area contributed by atoms with E-state index in [2.05, 4.69) is 0 Å². The second-order valence-corrected chi connectivity index (χ2v) is 10.2. The Hall–Kier alpha value is -3.88. The van der Waals surface area contributed by atoms with Crippen LogP contribution in [0, 0.1) is 11.3 Å². The summed E-state index contributed by atoms with van der Waals surface area (Å²) in [5.41, 5.74) is 6.79. The summed E-state index contributed by atoms with van der Waals surface area (Å²) in [4.78, 5) is 11.2. The number of carboxylic acid groups (broad SMARTS) is 1. The molecule has 3 aromatic rings. The van der Waals surface area contributed by atoms with Gasteiger partial charge in [-0.1, -0.05) is 30.7 Å². The summed E-state index contributed by atoms with van der Waals surface area (Å²) in [6.45, 7) is 1.23. The van der Waals surface area contributed by atoms with Crippen LogP contribution in [0.25, 0.3) is 16.9 Å². The summed E-state index contributed by atoms with van der Waals surface area (Å²) >= 11 is 0. The van der Waals surface area contributed by atoms with Crippen molar-refractivity contribution in [3.63, 3.8) is 0 Å². The lowest BCUT2D eigenvalue weighted by molar-refractivity contribution is -0.137. The third-order valence-corrected chi connectivity index (χ3v) is 7.62. The zero-order valence-electron chi connectivity index (χ0n) is 19.5. The Bertz CT molecular complexity index is 1390. The first-order valence-electron chi connectivity index (χ1n) is 11.2. The molecule has 0 spiro atoms. The van der Waals surface area contributed by atoms with Crippen molar-refractivity contribution in [1.82, 2.24) is 4.31 Å². The minimum absolute atomic E-state index is 0.199. The second kappa shape index (κ2) is 11.5. The maximum absolute atomic E-state index is 13.0. The molecule has 0 aromatic heterocycles. The first kappa shape index (κ1) is 27.7. The Morgan fingerprint density at radius 2 is 1.54 bits per heavy atom. The summed E-state index contributed by atoms with van der Waals surface area (Å²) < 4.78 is 64.9. The second-order valence-electron chi connectivity index (χ2n) is 8.24. The van der Waals surface area contributed by atoms with Crippen LogP contribution in [0.2, 0.25) is 0 Å². The molecule has 37 heavy (non-hydrogen) atoms. The zero-order chi connectivity index (χ0) is 27.2. The van der Waals surface area contributed by atoms with Crippen LogP contribution in [0.3, 0.4) is 0 Å². The van der Waals surface area contributed by atoms with Gasteiger partial charge in [-0.25, -0.2) is 13.2 Å². The Labute approximate surface area is 212 Å². The molecule has 3 aromatic carbocycles. The number of hydrogen-bond acceptors (Lipinski definition) is 4. The largest absolute Gasteiger partial charge is 0.699 e. The number of nitrogens with zero attached hydrogens (tertiary/aromatic N) is 2. The maximum atomic E-state index is 13.0. The molecular weight excluding hydrogens is 507 g/mol. The number of hydrogen-bond donors (Lipinski definition) is 1. The van der Waals surface area contributed by atoms with Gasteiger partial charge in [-0.2, -0.15) is 22.7 Å². The van der Waals surface area contributed by atoms with E-state index in [-0.39, 0.29) is 16.7 Å². The molecule has 7 nitrogen and oxygen atoms in total. The SMILES string of the molecule is N#Cc1ccc(-c2cc(C(=O)O)ccc2C(F)(F)F)cc1.[NH-]c1ccc(S(=O)(=O)N2CCCCC2)cc1. The molecule has 194 valence electrons. The van der Waals surface area contributed by atoms with Crippen LogP contribution in [0.1, 0.15) is 40.7 Å². The number of nitriles is 1. The topological polar surface area (TPSA) is 122 Å². The fourth-order valence-electron chi connectivity index (χ4n) is 3.77. The standard InChI is InChI=1S/C15H8F3NO2.C11H15N2O2S/c16-15(17,18)13-6-5-11(14(20)21)7-12(13)10-3-1-9(8-19)2-4-10;12-10-4-6-11(7-5-10)16(14,15)13-8-2-1-3-9-13/h1-7H,(H,20,21);4-7,12H,1-3,8-9H2/q;-1. The van der Waals surface area contributed by atoms with Crippen LogP contribution in [-0.2, 0) is 16.2 Å². The molecule has 0 atom stereocenters. The molecule has 0 saturated carbocycles. The molecule has 1 heterocycles. The smallest absolute Gasteiger partial charge is 0.417 e. The third kappa shape index (κ3) is 6.87. The van der Waals surface area contributed by atoms with Crippen molar-refractivity contribution in [2.75, 3.05) is 13.1 Å². The van der Waals surface area contributed by atoms with Crippen molar-refractivity contribution in [2.45, 2.75) is 30.3 Å². The van der Waals surface area contributed by atoms with E-state index >= 15 is 0 Å². The van der Waals surface area contributed by atoms with Gasteiger partial charge >= 0.3 is 12.1 Å². The highest BCUT2D eigenvalue weighted by Gasteiger charge is 2.34. The quantitative estimate of drug-likeness (QED) is 0.413. The van der Waals surface area contributed by atoms with Crippen LogP contribution in [0.5, 0.6) is 0 Å². The van der Waals surface area contributed by atoms with Crippen LogP contribution >= 0.6 is 0 Å². The third-order valence-electron chi connectivity index (χ3n) is 5.70. The van der Waals surface area contributed by atoms with E-state index < -0.39 is 27.7 Å². The van der Waals surface area contributed by atoms with Gasteiger partial charge in [0.25, 0.3) is 0 Å². The van der Waals surface area contributed by atoms with Crippen molar-refractivity contribution in [1.29, 1.82) is 5.26 Å². The number of alkyl halides is 3. The van der Waals surface area contributed by atoms with Gasteiger partial charge in [-0.15, -0.1) is 5.69 Å². The predicted molar refractivity (Wildman–Crippen MR) is 132 cm³/mol. The minimum atomic E-state index is -4.60. The van der Waals surface area contributed by atoms with Crippen molar-refractivity contribution >= 4 is 21.7 Å². The van der Waals surface area contributed by atoms with Gasteiger partial charge in [0.05, 0.1) is 27.7 Å². The van der Waals surface area contributed by atoms with E-state index in [1.807, 2.05) is 6.07 Å². The monoisotopic (exact) mass is 530 g/mol. The fourth-order valence-corrected chi connectivity index (χ4v) is 5.29. The Morgan fingerprint density at radius 1 is 0.946 bits per heavy atom. The molecule has 1 saturated heterocycles. The number of nitrogens with one attached hydrogen (secondary N) is 1. The highest BCUT2D eigenvalue weighted by molar-refractivity contribution is 7.89. The number of halogens is 3. The van der Waals surface area contributed by atoms with Gasteiger partial charge in [-0.05, 0) is 66.4 Å². The highest BCUT2D eigenvalue weighted by Crippen LogP contribution is 2.37. The maximum Gasteiger partial charge on any atom is 0.417 e. The summed E-state index contributed by atoms with van der Waals surface area (Å²) in [6.07, 6.45) is -1.61. The molecule has 0 unspecified atom stereocenters. The normalized spacial score (nSPS) is 14.2. The molecule has 0 aliphatic carbocycles. The number of aromatic carboxylic acids is 1. The van der Waals surface area contributed by atoms with Gasteiger partial charge in [0.1, 0.15) is 0 Å². The molecule has 0 amide bonds. The highest BCUT2D eigenvalue weighted by atomic mass is 32.2. The average molecular weight is 531 g/mol. The van der Waals surface area contributed by atoms with Gasteiger partial charge in [-0.3, -0.25) is 0 Å². The Morgan fingerprint density at radius 3 is 2.05 bits per heavy atom. The lowest BCUT2D eigenvalue weighted by Crippen LogP contribution is -2.35. The van der Waals surface area contributed by atoms with Crippen LogP contribution < -0.4 is 0 Å². The van der Waals surface area contributed by atoms with Crippen LogP contribution in [-0.4, -0.2) is 36.9 Å². The molecule has 4 rings (SSSR count). The molecule has 0 bridgehead atoms. The summed E-state index contributed by atoms with van der Waals surface area (Å²) in [7, 11) is -3.33. The van der Waals surface area contributed by atoms with E-state index in [1.165, 1.54) is 52.8 Å². The Balaban J connectivity index is 0.000000213.